The quantitative estimate of drug-likeness (QED) is 0.344. The van der Waals surface area contributed by atoms with E-state index in [4.69, 9.17) is 5.11 Å². The van der Waals surface area contributed by atoms with Gasteiger partial charge in [-0.15, -0.1) is 0 Å². The lowest BCUT2D eigenvalue weighted by atomic mass is 9.85. The fourth-order valence-corrected chi connectivity index (χ4v) is 5.94. The molecule has 0 radical (unpaired) electrons. The number of hydrogen-bond acceptors (Lipinski definition) is 3. The topological polar surface area (TPSA) is 77.8 Å². The number of unbranched alkanes of at least 4 members (excludes halogenated alkanes) is 1. The third-order valence-electron chi connectivity index (χ3n) is 7.53. The Kier molecular flexibility index (Phi) is 8.80. The molecule has 0 saturated heterocycles. The molecular formula is C25H40O4. The number of carboxylic acid groups (broad SMARTS) is 1. The third kappa shape index (κ3) is 6.96. The van der Waals surface area contributed by atoms with Gasteiger partial charge in [-0.25, -0.2) is 0 Å². The molecule has 3 rings (SSSR count). The van der Waals surface area contributed by atoms with Gasteiger partial charge in [-0.3, -0.25) is 4.79 Å². The van der Waals surface area contributed by atoms with Gasteiger partial charge in [0, 0.05) is 12.3 Å². The summed E-state index contributed by atoms with van der Waals surface area (Å²) in [5.74, 6) is 1.31. The van der Waals surface area contributed by atoms with E-state index in [-0.39, 0.29) is 18.4 Å². The molecule has 3 fully saturated rings. The Bertz CT molecular complexity index is 575. The van der Waals surface area contributed by atoms with Crippen LogP contribution in [-0.2, 0) is 4.79 Å². The van der Waals surface area contributed by atoms with Gasteiger partial charge in [0.05, 0.1) is 12.2 Å². The summed E-state index contributed by atoms with van der Waals surface area (Å²) in [6.07, 6.45) is 20.3. The van der Waals surface area contributed by atoms with Gasteiger partial charge in [0.2, 0.25) is 0 Å². The Morgan fingerprint density at radius 1 is 1.14 bits per heavy atom. The number of carbonyl (C=O) groups is 1. The maximum absolute atomic E-state index is 10.6. The average Bonchev–Trinajstić information content (AvgIpc) is 3.21. The molecule has 4 nitrogen and oxygen atoms in total. The predicted molar refractivity (Wildman–Crippen MR) is 115 cm³/mol. The van der Waals surface area contributed by atoms with E-state index in [2.05, 4.69) is 12.2 Å². The summed E-state index contributed by atoms with van der Waals surface area (Å²) in [6, 6.07) is 0. The van der Waals surface area contributed by atoms with Gasteiger partial charge >= 0.3 is 5.97 Å². The molecule has 4 heteroatoms. The van der Waals surface area contributed by atoms with E-state index >= 15 is 0 Å². The molecule has 0 aliphatic heterocycles. The number of aliphatic hydroxyl groups excluding tert-OH is 2. The van der Waals surface area contributed by atoms with Crippen LogP contribution in [0.4, 0.5) is 0 Å². The fourth-order valence-electron chi connectivity index (χ4n) is 5.94. The average molecular weight is 405 g/mol. The first-order valence-electron chi connectivity index (χ1n) is 12.0. The molecule has 3 saturated carbocycles. The van der Waals surface area contributed by atoms with Crippen molar-refractivity contribution in [1.82, 2.24) is 0 Å². The number of aliphatic hydroxyl groups is 2. The van der Waals surface area contributed by atoms with Gasteiger partial charge in [-0.2, -0.15) is 0 Å². The highest BCUT2D eigenvalue weighted by Crippen LogP contribution is 2.50. The van der Waals surface area contributed by atoms with Gasteiger partial charge < -0.3 is 15.3 Å². The minimum absolute atomic E-state index is 0.151. The zero-order valence-electron chi connectivity index (χ0n) is 17.8. The van der Waals surface area contributed by atoms with E-state index in [1.54, 1.807) is 0 Å². The van der Waals surface area contributed by atoms with Crippen molar-refractivity contribution >= 4 is 5.97 Å². The van der Waals surface area contributed by atoms with Gasteiger partial charge in [0.25, 0.3) is 0 Å². The van der Waals surface area contributed by atoms with Gasteiger partial charge in [0.1, 0.15) is 0 Å². The zero-order chi connectivity index (χ0) is 20.6. The maximum Gasteiger partial charge on any atom is 0.303 e. The number of fused-ring (bicyclic) bond motifs is 1. The molecule has 3 aliphatic carbocycles. The molecule has 0 bridgehead atoms. The van der Waals surface area contributed by atoms with Crippen LogP contribution in [-0.4, -0.2) is 33.5 Å². The Labute approximate surface area is 176 Å². The molecule has 3 aliphatic rings. The smallest absolute Gasteiger partial charge is 0.303 e. The second kappa shape index (κ2) is 11.3. The number of carboxylic acids is 1. The summed E-state index contributed by atoms with van der Waals surface area (Å²) in [5.41, 5.74) is 1.43. The van der Waals surface area contributed by atoms with Crippen LogP contribution in [0.5, 0.6) is 0 Å². The fraction of sp³-hybridized carbons (Fsp3) is 0.800. The lowest BCUT2D eigenvalue weighted by Crippen LogP contribution is -2.17. The zero-order valence-corrected chi connectivity index (χ0v) is 17.8. The summed E-state index contributed by atoms with van der Waals surface area (Å²) in [6.45, 7) is 0. The van der Waals surface area contributed by atoms with Crippen molar-refractivity contribution in [3.8, 4) is 0 Å². The number of rotatable bonds is 10. The third-order valence-corrected chi connectivity index (χ3v) is 7.53. The van der Waals surface area contributed by atoms with Crippen LogP contribution < -0.4 is 0 Å². The maximum atomic E-state index is 10.6. The van der Waals surface area contributed by atoms with Crippen LogP contribution in [0, 0.1) is 23.7 Å². The van der Waals surface area contributed by atoms with Crippen LogP contribution in [0.1, 0.15) is 89.9 Å². The summed E-state index contributed by atoms with van der Waals surface area (Å²) in [4.78, 5) is 10.6. The van der Waals surface area contributed by atoms with E-state index in [0.29, 0.717) is 18.3 Å². The Hall–Kier alpha value is -1.13. The monoisotopic (exact) mass is 404 g/mol. The van der Waals surface area contributed by atoms with E-state index in [9.17, 15) is 15.0 Å². The highest BCUT2D eigenvalue weighted by atomic mass is 16.4. The van der Waals surface area contributed by atoms with Crippen molar-refractivity contribution in [3.63, 3.8) is 0 Å². The predicted octanol–water partition coefficient (Wildman–Crippen LogP) is 5.24. The first kappa shape index (κ1) is 22.6. The Morgan fingerprint density at radius 3 is 2.69 bits per heavy atom. The van der Waals surface area contributed by atoms with E-state index in [1.807, 2.05) is 6.08 Å². The molecule has 3 N–H and O–H groups in total. The van der Waals surface area contributed by atoms with Crippen LogP contribution in [0.25, 0.3) is 0 Å². The second-order valence-corrected chi connectivity index (χ2v) is 9.75. The second-order valence-electron chi connectivity index (χ2n) is 9.75. The lowest BCUT2D eigenvalue weighted by Gasteiger charge is -2.21. The van der Waals surface area contributed by atoms with Crippen LogP contribution in [0.15, 0.2) is 23.8 Å². The van der Waals surface area contributed by atoms with Crippen LogP contribution in [0.2, 0.25) is 0 Å². The van der Waals surface area contributed by atoms with Gasteiger partial charge in [0.15, 0.2) is 0 Å². The molecule has 0 amide bonds. The lowest BCUT2D eigenvalue weighted by molar-refractivity contribution is -0.137. The molecule has 0 aromatic carbocycles. The number of hydrogen-bond donors (Lipinski definition) is 3. The summed E-state index contributed by atoms with van der Waals surface area (Å²) >= 11 is 0. The van der Waals surface area contributed by atoms with Crippen molar-refractivity contribution < 1.29 is 20.1 Å². The highest BCUT2D eigenvalue weighted by Gasteiger charge is 2.44. The first-order valence-corrected chi connectivity index (χ1v) is 12.0. The van der Waals surface area contributed by atoms with E-state index in [0.717, 1.165) is 44.4 Å². The van der Waals surface area contributed by atoms with E-state index < -0.39 is 12.1 Å². The Morgan fingerprint density at radius 2 is 1.93 bits per heavy atom. The van der Waals surface area contributed by atoms with Crippen molar-refractivity contribution in [1.29, 1.82) is 0 Å². The highest BCUT2D eigenvalue weighted by molar-refractivity contribution is 5.66. The molecule has 0 aromatic heterocycles. The molecule has 5 atom stereocenters. The van der Waals surface area contributed by atoms with Crippen molar-refractivity contribution in [2.45, 2.75) is 102 Å². The molecule has 164 valence electrons. The van der Waals surface area contributed by atoms with Gasteiger partial charge in [-0.05, 0) is 56.3 Å². The van der Waals surface area contributed by atoms with Crippen molar-refractivity contribution in [2.75, 3.05) is 0 Å². The molecule has 0 aromatic rings. The minimum Gasteiger partial charge on any atom is -0.481 e. The van der Waals surface area contributed by atoms with Crippen LogP contribution >= 0.6 is 0 Å². The summed E-state index contributed by atoms with van der Waals surface area (Å²) in [7, 11) is 0. The normalized spacial score (nSPS) is 32.8. The standard InChI is InChI=1S/C25H40O4/c26-21(11-6-10-18-7-2-1-3-8-18)13-14-22-23-16-19(9-4-5-12-25(28)29)15-20(23)17-24(22)27/h9,13-14,18,20-24,26-27H,1-8,10-12,15-17H2,(H,28,29)/b14-13+,19-9+/t20-,21-,22-,23+,24-/m1/s1. The van der Waals surface area contributed by atoms with Crippen molar-refractivity contribution in [3.05, 3.63) is 23.8 Å². The minimum atomic E-state index is -0.725. The van der Waals surface area contributed by atoms with Gasteiger partial charge in [-0.1, -0.05) is 68.7 Å². The van der Waals surface area contributed by atoms with Crippen molar-refractivity contribution in [2.24, 2.45) is 23.7 Å². The molecular weight excluding hydrogens is 364 g/mol. The Balaban J connectivity index is 1.41. The SMILES string of the molecule is O=C(O)CCC/C=C1\C[C@@H]2C[C@@H](O)[C@H](/C=C/[C@H](O)CCCC3CCCCC3)[C@H]2C1. The number of allylic oxidation sites excluding steroid dienone is 2. The number of aliphatic carboxylic acids is 1. The first-order chi connectivity index (χ1) is 14.0. The molecule has 0 heterocycles. The van der Waals surface area contributed by atoms with Crippen LogP contribution in [0.3, 0.4) is 0 Å². The summed E-state index contributed by atoms with van der Waals surface area (Å²) < 4.78 is 0. The molecule has 29 heavy (non-hydrogen) atoms. The largest absolute Gasteiger partial charge is 0.481 e. The molecule has 0 unspecified atom stereocenters. The van der Waals surface area contributed by atoms with E-state index in [1.165, 1.54) is 44.1 Å². The molecule has 0 spiro atoms. The summed E-state index contributed by atoms with van der Waals surface area (Å²) in [5, 5.41) is 29.6.